The fraction of sp³-hybridized carbons (Fsp3) is 0.583. The molecule has 7 heteroatoms. The van der Waals surface area contributed by atoms with Gasteiger partial charge in [0.1, 0.15) is 0 Å². The number of rotatable bonds is 6. The SMILES string of the molecule is CC(CNC(=O)NC(=O)/C=C/C(=O)O)N(C)C1CC1. The van der Waals surface area contributed by atoms with E-state index in [0.29, 0.717) is 18.7 Å². The van der Waals surface area contributed by atoms with Crippen molar-refractivity contribution in [2.24, 2.45) is 0 Å². The molecule has 0 saturated heterocycles. The van der Waals surface area contributed by atoms with E-state index in [1.54, 1.807) is 0 Å². The van der Waals surface area contributed by atoms with Crippen molar-refractivity contribution in [1.82, 2.24) is 15.5 Å². The van der Waals surface area contributed by atoms with Gasteiger partial charge in [0.2, 0.25) is 0 Å². The third-order valence-electron chi connectivity index (χ3n) is 2.99. The number of imide groups is 1. The second kappa shape index (κ2) is 6.89. The highest BCUT2D eigenvalue weighted by Gasteiger charge is 2.29. The van der Waals surface area contributed by atoms with Crippen molar-refractivity contribution in [3.63, 3.8) is 0 Å². The third kappa shape index (κ3) is 6.01. The Bertz CT molecular complexity index is 390. The zero-order valence-electron chi connectivity index (χ0n) is 11.0. The zero-order valence-corrected chi connectivity index (χ0v) is 11.0. The van der Waals surface area contributed by atoms with Crippen LogP contribution in [0.3, 0.4) is 0 Å². The van der Waals surface area contributed by atoms with Gasteiger partial charge in [0.15, 0.2) is 0 Å². The van der Waals surface area contributed by atoms with Gasteiger partial charge < -0.3 is 10.4 Å². The van der Waals surface area contributed by atoms with E-state index in [1.807, 2.05) is 19.3 Å². The van der Waals surface area contributed by atoms with Crippen molar-refractivity contribution < 1.29 is 19.5 Å². The average molecular weight is 269 g/mol. The minimum absolute atomic E-state index is 0.183. The molecule has 0 aromatic carbocycles. The Kier molecular flexibility index (Phi) is 5.50. The number of amides is 3. The standard InChI is InChI=1S/C12H19N3O4/c1-8(15(2)9-3-4-9)7-13-12(19)14-10(16)5-6-11(17)18/h5-6,8-9H,3-4,7H2,1-2H3,(H,17,18)(H2,13,14,16,19)/b6-5+. The number of hydrogen-bond donors (Lipinski definition) is 3. The van der Waals surface area contributed by atoms with Crippen LogP contribution in [0.15, 0.2) is 12.2 Å². The zero-order chi connectivity index (χ0) is 14.4. The quantitative estimate of drug-likeness (QED) is 0.586. The van der Waals surface area contributed by atoms with E-state index in [2.05, 4.69) is 10.2 Å². The fourth-order valence-electron chi connectivity index (χ4n) is 1.57. The van der Waals surface area contributed by atoms with Gasteiger partial charge in [-0.1, -0.05) is 0 Å². The van der Waals surface area contributed by atoms with Crippen LogP contribution in [0.2, 0.25) is 0 Å². The first kappa shape index (κ1) is 15.2. The number of urea groups is 1. The maximum Gasteiger partial charge on any atom is 0.328 e. The van der Waals surface area contributed by atoms with Crippen LogP contribution in [-0.2, 0) is 9.59 Å². The molecule has 1 fully saturated rings. The Hall–Kier alpha value is -1.89. The second-order valence-electron chi connectivity index (χ2n) is 4.62. The molecule has 0 spiro atoms. The number of aliphatic carboxylic acids is 1. The van der Waals surface area contributed by atoms with Crippen LogP contribution in [-0.4, -0.2) is 53.6 Å². The third-order valence-corrected chi connectivity index (χ3v) is 2.99. The highest BCUT2D eigenvalue weighted by atomic mass is 16.4. The molecule has 1 rings (SSSR count). The maximum atomic E-state index is 11.4. The summed E-state index contributed by atoms with van der Waals surface area (Å²) >= 11 is 0. The second-order valence-corrected chi connectivity index (χ2v) is 4.62. The molecule has 7 nitrogen and oxygen atoms in total. The lowest BCUT2D eigenvalue weighted by molar-refractivity contribution is -0.131. The molecule has 19 heavy (non-hydrogen) atoms. The van der Waals surface area contributed by atoms with Crippen molar-refractivity contribution >= 4 is 17.9 Å². The smallest absolute Gasteiger partial charge is 0.328 e. The fourth-order valence-corrected chi connectivity index (χ4v) is 1.57. The summed E-state index contributed by atoms with van der Waals surface area (Å²) in [5.74, 6) is -2.00. The first-order chi connectivity index (χ1) is 8.90. The lowest BCUT2D eigenvalue weighted by atomic mass is 10.3. The average Bonchev–Trinajstić information content (AvgIpc) is 3.16. The summed E-state index contributed by atoms with van der Waals surface area (Å²) in [4.78, 5) is 34.9. The normalized spacial score (nSPS) is 16.4. The lowest BCUT2D eigenvalue weighted by Gasteiger charge is -2.24. The van der Waals surface area contributed by atoms with Crippen molar-refractivity contribution in [2.75, 3.05) is 13.6 Å². The van der Waals surface area contributed by atoms with Gasteiger partial charge in [-0.25, -0.2) is 9.59 Å². The highest BCUT2D eigenvalue weighted by Crippen LogP contribution is 2.26. The van der Waals surface area contributed by atoms with Gasteiger partial charge in [-0.15, -0.1) is 0 Å². The van der Waals surface area contributed by atoms with E-state index in [1.165, 1.54) is 12.8 Å². The lowest BCUT2D eigenvalue weighted by Crippen LogP contribution is -2.45. The van der Waals surface area contributed by atoms with Crippen LogP contribution in [0.5, 0.6) is 0 Å². The highest BCUT2D eigenvalue weighted by molar-refractivity contribution is 6.02. The van der Waals surface area contributed by atoms with E-state index < -0.39 is 17.9 Å². The summed E-state index contributed by atoms with van der Waals surface area (Å²) in [7, 11) is 2.00. The summed E-state index contributed by atoms with van der Waals surface area (Å²) in [5.41, 5.74) is 0. The van der Waals surface area contributed by atoms with Gasteiger partial charge in [-0.05, 0) is 26.8 Å². The Labute approximate surface area is 111 Å². The molecule has 0 aliphatic heterocycles. The number of carbonyl (C=O) groups excluding carboxylic acids is 2. The Balaban J connectivity index is 2.23. The van der Waals surface area contributed by atoms with Crippen LogP contribution >= 0.6 is 0 Å². The maximum absolute atomic E-state index is 11.4. The molecule has 1 atom stereocenters. The molecule has 106 valence electrons. The first-order valence-corrected chi connectivity index (χ1v) is 6.12. The molecule has 0 bridgehead atoms. The molecule has 0 aromatic rings. The van der Waals surface area contributed by atoms with Gasteiger partial charge >= 0.3 is 12.0 Å². The molecular formula is C12H19N3O4. The topological polar surface area (TPSA) is 98.7 Å². The van der Waals surface area contributed by atoms with Gasteiger partial charge in [0.05, 0.1) is 0 Å². The number of hydrogen-bond acceptors (Lipinski definition) is 4. The molecule has 1 aliphatic rings. The van der Waals surface area contributed by atoms with Gasteiger partial charge in [-0.3, -0.25) is 15.0 Å². The van der Waals surface area contributed by atoms with E-state index in [-0.39, 0.29) is 6.04 Å². The molecule has 0 radical (unpaired) electrons. The van der Waals surface area contributed by atoms with Crippen LogP contribution in [0.25, 0.3) is 0 Å². The largest absolute Gasteiger partial charge is 0.478 e. The number of nitrogens with zero attached hydrogens (tertiary/aromatic N) is 1. The van der Waals surface area contributed by atoms with Gasteiger partial charge in [-0.2, -0.15) is 0 Å². The minimum atomic E-state index is -1.24. The van der Waals surface area contributed by atoms with E-state index in [0.717, 1.165) is 6.08 Å². The first-order valence-electron chi connectivity index (χ1n) is 6.12. The molecule has 3 N–H and O–H groups in total. The minimum Gasteiger partial charge on any atom is -0.478 e. The van der Waals surface area contributed by atoms with Crippen LogP contribution < -0.4 is 10.6 Å². The number of carbonyl (C=O) groups is 3. The van der Waals surface area contributed by atoms with Gasteiger partial charge in [0.25, 0.3) is 5.91 Å². The molecule has 1 aliphatic carbocycles. The number of nitrogens with one attached hydrogen (secondary N) is 2. The van der Waals surface area contributed by atoms with E-state index >= 15 is 0 Å². The monoisotopic (exact) mass is 269 g/mol. The molecule has 1 unspecified atom stereocenters. The summed E-state index contributed by atoms with van der Waals surface area (Å²) in [6.07, 6.45) is 3.84. The molecule has 0 aromatic heterocycles. The Morgan fingerprint density at radius 1 is 1.37 bits per heavy atom. The van der Waals surface area contributed by atoms with Crippen LogP contribution in [0, 0.1) is 0 Å². The Morgan fingerprint density at radius 3 is 2.53 bits per heavy atom. The van der Waals surface area contributed by atoms with Crippen molar-refractivity contribution in [3.8, 4) is 0 Å². The van der Waals surface area contributed by atoms with E-state index in [4.69, 9.17) is 5.11 Å². The number of likely N-dealkylation sites (N-methyl/N-ethyl adjacent to an activating group) is 1. The Morgan fingerprint density at radius 2 is 2.00 bits per heavy atom. The van der Waals surface area contributed by atoms with Crippen molar-refractivity contribution in [3.05, 3.63) is 12.2 Å². The van der Waals surface area contributed by atoms with Gasteiger partial charge in [0, 0.05) is 30.8 Å². The van der Waals surface area contributed by atoms with E-state index in [9.17, 15) is 14.4 Å². The molecule has 0 heterocycles. The number of carboxylic acid groups (broad SMARTS) is 1. The number of carboxylic acids is 1. The van der Waals surface area contributed by atoms with Crippen LogP contribution in [0.1, 0.15) is 19.8 Å². The summed E-state index contributed by atoms with van der Waals surface area (Å²) in [6, 6.07) is 0.152. The summed E-state index contributed by atoms with van der Waals surface area (Å²) < 4.78 is 0. The molecular weight excluding hydrogens is 250 g/mol. The summed E-state index contributed by atoms with van der Waals surface area (Å²) in [5, 5.41) is 12.9. The van der Waals surface area contributed by atoms with Crippen molar-refractivity contribution in [2.45, 2.75) is 31.8 Å². The predicted octanol–water partition coefficient (Wildman–Crippen LogP) is -0.0643. The predicted molar refractivity (Wildman–Crippen MR) is 68.6 cm³/mol. The van der Waals surface area contributed by atoms with Crippen LogP contribution in [0.4, 0.5) is 4.79 Å². The van der Waals surface area contributed by atoms with Crippen molar-refractivity contribution in [1.29, 1.82) is 0 Å². The molecule has 1 saturated carbocycles. The molecule has 3 amide bonds. The summed E-state index contributed by atoms with van der Waals surface area (Å²) in [6.45, 7) is 2.42.